The maximum Gasteiger partial charge on any atom is 0.0684 e. The van der Waals surface area contributed by atoms with Crippen molar-refractivity contribution >= 4 is 15.9 Å². The number of hydrazine groups is 1. The first kappa shape index (κ1) is 14.2. The van der Waals surface area contributed by atoms with Gasteiger partial charge >= 0.3 is 0 Å². The molecule has 0 radical (unpaired) electrons. The molecule has 0 fully saturated rings. The third-order valence-corrected chi connectivity index (χ3v) is 3.46. The highest BCUT2D eigenvalue weighted by molar-refractivity contribution is 9.10. The van der Waals surface area contributed by atoms with Gasteiger partial charge in [0.15, 0.2) is 0 Å². The Labute approximate surface area is 121 Å². The van der Waals surface area contributed by atoms with Gasteiger partial charge in [-0.1, -0.05) is 0 Å². The first-order valence-corrected chi connectivity index (χ1v) is 7.04. The molecule has 2 rings (SSSR count). The van der Waals surface area contributed by atoms with Crippen LogP contribution in [0, 0.1) is 6.92 Å². The summed E-state index contributed by atoms with van der Waals surface area (Å²) in [7, 11) is 0. The SMILES string of the molecule is CCn1nc(C)cc1C(Cc1ccc(Br)cn1)NN. The van der Waals surface area contributed by atoms with E-state index in [9.17, 15) is 0 Å². The lowest BCUT2D eigenvalue weighted by Crippen LogP contribution is -2.31. The Kier molecular flexibility index (Phi) is 4.68. The van der Waals surface area contributed by atoms with Crippen molar-refractivity contribution in [2.45, 2.75) is 32.9 Å². The number of nitrogens with zero attached hydrogens (tertiary/aromatic N) is 3. The Balaban J connectivity index is 2.22. The van der Waals surface area contributed by atoms with Crippen molar-refractivity contribution in [3.05, 3.63) is 46.0 Å². The molecule has 2 aromatic rings. The normalized spacial score (nSPS) is 12.6. The smallest absolute Gasteiger partial charge is 0.0684 e. The number of halogens is 1. The van der Waals surface area contributed by atoms with E-state index in [0.717, 1.165) is 34.5 Å². The third-order valence-electron chi connectivity index (χ3n) is 2.99. The minimum Gasteiger partial charge on any atom is -0.271 e. The summed E-state index contributed by atoms with van der Waals surface area (Å²) in [5, 5.41) is 4.45. The maximum atomic E-state index is 5.69. The number of aromatic nitrogens is 3. The predicted molar refractivity (Wildman–Crippen MR) is 78.3 cm³/mol. The number of pyridine rings is 1. The minimum absolute atomic E-state index is 0.00910. The molecule has 0 aromatic carbocycles. The van der Waals surface area contributed by atoms with E-state index in [1.165, 1.54) is 0 Å². The molecule has 1 atom stereocenters. The van der Waals surface area contributed by atoms with Crippen molar-refractivity contribution in [2.24, 2.45) is 5.84 Å². The summed E-state index contributed by atoms with van der Waals surface area (Å²) >= 11 is 3.38. The van der Waals surface area contributed by atoms with E-state index < -0.39 is 0 Å². The number of aryl methyl sites for hydroxylation is 2. The lowest BCUT2D eigenvalue weighted by molar-refractivity contribution is 0.486. The standard InChI is InChI=1S/C13H18BrN5/c1-3-19-13(6-9(2)18-19)12(17-15)7-11-5-4-10(14)8-16-11/h4-6,8,12,17H,3,7,15H2,1-2H3. The predicted octanol–water partition coefficient (Wildman–Crippen LogP) is 2.12. The first-order valence-electron chi connectivity index (χ1n) is 6.25. The molecular weight excluding hydrogens is 306 g/mol. The summed E-state index contributed by atoms with van der Waals surface area (Å²) in [6, 6.07) is 6.05. The fourth-order valence-electron chi connectivity index (χ4n) is 2.08. The van der Waals surface area contributed by atoms with Crippen molar-refractivity contribution in [2.75, 3.05) is 0 Å². The zero-order chi connectivity index (χ0) is 13.8. The van der Waals surface area contributed by atoms with Crippen LogP contribution in [-0.2, 0) is 13.0 Å². The minimum atomic E-state index is 0.00910. The van der Waals surface area contributed by atoms with Crippen LogP contribution in [0.2, 0.25) is 0 Å². The molecule has 0 aliphatic rings. The van der Waals surface area contributed by atoms with Crippen molar-refractivity contribution in [3.63, 3.8) is 0 Å². The monoisotopic (exact) mass is 323 g/mol. The highest BCUT2D eigenvalue weighted by Gasteiger charge is 2.16. The molecular formula is C13H18BrN5. The van der Waals surface area contributed by atoms with Crippen LogP contribution >= 0.6 is 15.9 Å². The zero-order valence-corrected chi connectivity index (χ0v) is 12.7. The lowest BCUT2D eigenvalue weighted by atomic mass is 10.1. The third kappa shape index (κ3) is 3.40. The van der Waals surface area contributed by atoms with Gasteiger partial charge in [-0.2, -0.15) is 5.10 Å². The molecule has 0 saturated heterocycles. The molecule has 5 nitrogen and oxygen atoms in total. The molecule has 0 spiro atoms. The molecule has 6 heteroatoms. The maximum absolute atomic E-state index is 5.69. The van der Waals surface area contributed by atoms with Gasteiger partial charge in [-0.3, -0.25) is 20.9 Å². The number of hydrogen-bond acceptors (Lipinski definition) is 4. The number of nitrogens with two attached hydrogens (primary N) is 1. The van der Waals surface area contributed by atoms with Gasteiger partial charge in [-0.05, 0) is 48.0 Å². The summed E-state index contributed by atoms with van der Waals surface area (Å²) in [4.78, 5) is 4.38. The lowest BCUT2D eigenvalue weighted by Gasteiger charge is -2.16. The highest BCUT2D eigenvalue weighted by Crippen LogP contribution is 2.19. The van der Waals surface area contributed by atoms with Gasteiger partial charge in [0.2, 0.25) is 0 Å². The van der Waals surface area contributed by atoms with E-state index in [1.807, 2.05) is 23.7 Å². The number of rotatable bonds is 5. The molecule has 0 bridgehead atoms. The van der Waals surface area contributed by atoms with Crippen LogP contribution in [0.15, 0.2) is 28.9 Å². The van der Waals surface area contributed by atoms with Gasteiger partial charge in [0.05, 0.1) is 17.4 Å². The zero-order valence-electron chi connectivity index (χ0n) is 11.1. The van der Waals surface area contributed by atoms with Gasteiger partial charge in [0.25, 0.3) is 0 Å². The van der Waals surface area contributed by atoms with Crippen molar-refractivity contribution in [1.82, 2.24) is 20.2 Å². The molecule has 0 saturated carbocycles. The van der Waals surface area contributed by atoms with Gasteiger partial charge in [-0.25, -0.2) is 0 Å². The Morgan fingerprint density at radius 2 is 2.26 bits per heavy atom. The van der Waals surface area contributed by atoms with Crippen molar-refractivity contribution in [1.29, 1.82) is 0 Å². The van der Waals surface area contributed by atoms with Gasteiger partial charge in [-0.15, -0.1) is 0 Å². The summed E-state index contributed by atoms with van der Waals surface area (Å²) in [5.41, 5.74) is 5.94. The molecule has 19 heavy (non-hydrogen) atoms. The van der Waals surface area contributed by atoms with Crippen LogP contribution in [0.1, 0.15) is 30.0 Å². The quantitative estimate of drug-likeness (QED) is 0.653. The molecule has 0 amide bonds. The Morgan fingerprint density at radius 1 is 1.47 bits per heavy atom. The van der Waals surface area contributed by atoms with Gasteiger partial charge < -0.3 is 0 Å². The summed E-state index contributed by atoms with van der Waals surface area (Å²) in [6.45, 7) is 4.89. The van der Waals surface area contributed by atoms with E-state index in [-0.39, 0.29) is 6.04 Å². The topological polar surface area (TPSA) is 68.8 Å². The van der Waals surface area contributed by atoms with E-state index in [0.29, 0.717) is 0 Å². The number of nitrogens with one attached hydrogen (secondary N) is 1. The van der Waals surface area contributed by atoms with E-state index in [4.69, 9.17) is 5.84 Å². The van der Waals surface area contributed by atoms with Crippen molar-refractivity contribution in [3.8, 4) is 0 Å². The van der Waals surface area contributed by atoms with Gasteiger partial charge in [0.1, 0.15) is 0 Å². The average Bonchev–Trinajstić information content (AvgIpc) is 2.79. The van der Waals surface area contributed by atoms with Crippen LogP contribution < -0.4 is 11.3 Å². The van der Waals surface area contributed by atoms with Crippen molar-refractivity contribution < 1.29 is 0 Å². The van der Waals surface area contributed by atoms with Crippen LogP contribution in [0.3, 0.4) is 0 Å². The second-order valence-electron chi connectivity index (χ2n) is 4.42. The van der Waals surface area contributed by atoms with E-state index >= 15 is 0 Å². The largest absolute Gasteiger partial charge is 0.271 e. The first-order chi connectivity index (χ1) is 9.13. The fraction of sp³-hybridized carbons (Fsp3) is 0.385. The number of hydrogen-bond donors (Lipinski definition) is 2. The van der Waals surface area contributed by atoms with E-state index in [1.54, 1.807) is 6.20 Å². The van der Waals surface area contributed by atoms with Crippen LogP contribution in [0.4, 0.5) is 0 Å². The Bertz CT molecular complexity index is 534. The Morgan fingerprint density at radius 3 is 2.84 bits per heavy atom. The molecule has 102 valence electrons. The molecule has 1 unspecified atom stereocenters. The fourth-order valence-corrected chi connectivity index (χ4v) is 2.32. The molecule has 0 aliphatic heterocycles. The summed E-state index contributed by atoms with van der Waals surface area (Å²) in [5.74, 6) is 5.69. The second-order valence-corrected chi connectivity index (χ2v) is 5.33. The molecule has 0 aliphatic carbocycles. The molecule has 3 N–H and O–H groups in total. The van der Waals surface area contributed by atoms with Crippen LogP contribution in [0.25, 0.3) is 0 Å². The average molecular weight is 324 g/mol. The van der Waals surface area contributed by atoms with Crippen LogP contribution in [0.5, 0.6) is 0 Å². The van der Waals surface area contributed by atoms with Crippen LogP contribution in [-0.4, -0.2) is 14.8 Å². The molecule has 2 aromatic heterocycles. The van der Waals surface area contributed by atoms with E-state index in [2.05, 4.69) is 44.4 Å². The summed E-state index contributed by atoms with van der Waals surface area (Å²) < 4.78 is 2.95. The second kappa shape index (κ2) is 6.27. The highest BCUT2D eigenvalue weighted by atomic mass is 79.9. The molecule has 2 heterocycles. The van der Waals surface area contributed by atoms with Gasteiger partial charge in [0, 0.05) is 29.3 Å². The summed E-state index contributed by atoms with van der Waals surface area (Å²) in [6.07, 6.45) is 2.53. The Hall–Kier alpha value is -1.24.